The molecule has 0 aliphatic heterocycles. The number of sulfonamides is 1. The lowest BCUT2D eigenvalue weighted by molar-refractivity contribution is 0.0486. The SMILES string of the molecule is Nc1nccnc1C(=O)OCCC(NS(=O)(=O)c1ccc(Cl)cc1)c1ccccc1. The lowest BCUT2D eigenvalue weighted by Gasteiger charge is -2.19. The van der Waals surface area contributed by atoms with E-state index in [9.17, 15) is 13.2 Å². The highest BCUT2D eigenvalue weighted by molar-refractivity contribution is 7.89. The van der Waals surface area contributed by atoms with Gasteiger partial charge in [-0.05, 0) is 29.8 Å². The third kappa shape index (κ3) is 5.53. The molecule has 0 spiro atoms. The number of esters is 1. The number of nitrogens with one attached hydrogen (secondary N) is 1. The molecule has 1 atom stereocenters. The van der Waals surface area contributed by atoms with E-state index < -0.39 is 22.0 Å². The molecule has 0 aliphatic rings. The number of nitrogens with zero attached hydrogens (tertiary/aromatic N) is 2. The fourth-order valence-electron chi connectivity index (χ4n) is 2.69. The van der Waals surface area contributed by atoms with Gasteiger partial charge < -0.3 is 10.5 Å². The average Bonchev–Trinajstić information content (AvgIpc) is 2.74. The Bertz CT molecular complexity index is 1110. The van der Waals surface area contributed by atoms with Crippen molar-refractivity contribution >= 4 is 33.4 Å². The summed E-state index contributed by atoms with van der Waals surface area (Å²) in [6.45, 7) is -0.0580. The second kappa shape index (κ2) is 9.66. The van der Waals surface area contributed by atoms with Gasteiger partial charge >= 0.3 is 5.97 Å². The van der Waals surface area contributed by atoms with Gasteiger partial charge in [0, 0.05) is 23.8 Å². The van der Waals surface area contributed by atoms with E-state index in [1.165, 1.54) is 36.7 Å². The van der Waals surface area contributed by atoms with Gasteiger partial charge in [0.25, 0.3) is 0 Å². The van der Waals surface area contributed by atoms with Crippen LogP contribution >= 0.6 is 11.6 Å². The number of hydrogen-bond acceptors (Lipinski definition) is 7. The van der Waals surface area contributed by atoms with Gasteiger partial charge in [-0.2, -0.15) is 0 Å². The molecule has 8 nitrogen and oxygen atoms in total. The van der Waals surface area contributed by atoms with Crippen LogP contribution in [0.25, 0.3) is 0 Å². The summed E-state index contributed by atoms with van der Waals surface area (Å²) in [6.07, 6.45) is 2.89. The Morgan fingerprint density at radius 1 is 1.07 bits per heavy atom. The average molecular weight is 447 g/mol. The Hall–Kier alpha value is -3.01. The number of carbonyl (C=O) groups is 1. The molecular weight excluding hydrogens is 428 g/mol. The molecule has 156 valence electrons. The van der Waals surface area contributed by atoms with E-state index in [1.54, 1.807) is 24.3 Å². The van der Waals surface area contributed by atoms with Crippen molar-refractivity contribution in [1.29, 1.82) is 0 Å². The van der Waals surface area contributed by atoms with Crippen molar-refractivity contribution in [3.05, 3.63) is 83.3 Å². The molecule has 0 bridgehead atoms. The highest BCUT2D eigenvalue weighted by atomic mass is 35.5. The number of halogens is 1. The molecular formula is C20H19ClN4O4S. The Morgan fingerprint density at radius 2 is 1.73 bits per heavy atom. The summed E-state index contributed by atoms with van der Waals surface area (Å²) < 4.78 is 33.5. The number of ether oxygens (including phenoxy) is 1. The van der Waals surface area contributed by atoms with Crippen molar-refractivity contribution in [3.8, 4) is 0 Å². The topological polar surface area (TPSA) is 124 Å². The summed E-state index contributed by atoms with van der Waals surface area (Å²) in [7, 11) is -3.83. The summed E-state index contributed by atoms with van der Waals surface area (Å²) in [5.41, 5.74) is 6.27. The first kappa shape index (κ1) is 21.7. The zero-order valence-electron chi connectivity index (χ0n) is 15.7. The fraction of sp³-hybridized carbons (Fsp3) is 0.150. The van der Waals surface area contributed by atoms with Gasteiger partial charge in [-0.15, -0.1) is 0 Å². The smallest absolute Gasteiger partial charge is 0.360 e. The molecule has 30 heavy (non-hydrogen) atoms. The summed E-state index contributed by atoms with van der Waals surface area (Å²) in [5.74, 6) is -0.765. The van der Waals surface area contributed by atoms with Crippen molar-refractivity contribution in [2.75, 3.05) is 12.3 Å². The predicted octanol–water partition coefficient (Wildman–Crippen LogP) is 2.98. The van der Waals surface area contributed by atoms with E-state index in [-0.39, 0.29) is 29.4 Å². The fourth-order valence-corrected chi connectivity index (χ4v) is 4.08. The third-order valence-electron chi connectivity index (χ3n) is 4.18. The Balaban J connectivity index is 1.73. The molecule has 10 heteroatoms. The van der Waals surface area contributed by atoms with E-state index in [4.69, 9.17) is 22.1 Å². The molecule has 1 unspecified atom stereocenters. The van der Waals surface area contributed by atoms with Crippen molar-refractivity contribution < 1.29 is 17.9 Å². The minimum absolute atomic E-state index is 0.0365. The van der Waals surface area contributed by atoms with E-state index in [0.717, 1.165) is 5.56 Å². The Kier molecular flexibility index (Phi) is 6.99. The van der Waals surface area contributed by atoms with Crippen molar-refractivity contribution in [1.82, 2.24) is 14.7 Å². The van der Waals surface area contributed by atoms with E-state index in [2.05, 4.69) is 14.7 Å². The zero-order chi connectivity index (χ0) is 21.6. The monoisotopic (exact) mass is 446 g/mol. The molecule has 0 amide bonds. The van der Waals surface area contributed by atoms with Crippen LogP contribution in [0.1, 0.15) is 28.5 Å². The standard InChI is InChI=1S/C20H19ClN4O4S/c21-15-6-8-16(9-7-15)30(27,28)25-17(14-4-2-1-3-5-14)10-13-29-20(26)18-19(22)24-12-11-23-18/h1-9,11-12,17,25H,10,13H2,(H2,22,24). The van der Waals surface area contributed by atoms with Crippen LogP contribution in [0.2, 0.25) is 5.02 Å². The van der Waals surface area contributed by atoms with Gasteiger partial charge in [0.1, 0.15) is 0 Å². The van der Waals surface area contributed by atoms with Crippen LogP contribution in [0.4, 0.5) is 5.82 Å². The van der Waals surface area contributed by atoms with E-state index in [1.807, 2.05) is 6.07 Å². The van der Waals surface area contributed by atoms with Crippen LogP contribution in [0, 0.1) is 0 Å². The number of aromatic nitrogens is 2. The molecule has 1 aromatic heterocycles. The minimum Gasteiger partial charge on any atom is -0.461 e. The van der Waals surface area contributed by atoms with Crippen molar-refractivity contribution in [2.24, 2.45) is 0 Å². The molecule has 0 fully saturated rings. The highest BCUT2D eigenvalue weighted by Gasteiger charge is 2.22. The number of carbonyl (C=O) groups excluding carboxylic acids is 1. The summed E-state index contributed by atoms with van der Waals surface area (Å²) in [6, 6.07) is 14.2. The van der Waals surface area contributed by atoms with Gasteiger partial charge in [0.05, 0.1) is 17.5 Å². The van der Waals surface area contributed by atoms with Crippen molar-refractivity contribution in [3.63, 3.8) is 0 Å². The predicted molar refractivity (Wildman–Crippen MR) is 112 cm³/mol. The molecule has 3 N–H and O–H groups in total. The second-order valence-electron chi connectivity index (χ2n) is 6.25. The number of hydrogen-bond donors (Lipinski definition) is 2. The minimum atomic E-state index is -3.83. The zero-order valence-corrected chi connectivity index (χ0v) is 17.3. The Labute approximate surface area is 179 Å². The van der Waals surface area contributed by atoms with Crippen LogP contribution in [-0.4, -0.2) is 31.0 Å². The van der Waals surface area contributed by atoms with Gasteiger partial charge in [0.2, 0.25) is 10.0 Å². The van der Waals surface area contributed by atoms with E-state index in [0.29, 0.717) is 5.02 Å². The van der Waals surface area contributed by atoms with Crippen LogP contribution in [-0.2, 0) is 14.8 Å². The maximum absolute atomic E-state index is 12.8. The number of nitrogens with two attached hydrogens (primary N) is 1. The molecule has 1 heterocycles. The normalized spacial score (nSPS) is 12.3. The van der Waals surface area contributed by atoms with Gasteiger partial charge in [-0.3, -0.25) is 0 Å². The van der Waals surface area contributed by atoms with Gasteiger partial charge in [-0.25, -0.2) is 27.9 Å². The first-order chi connectivity index (χ1) is 14.4. The lowest BCUT2D eigenvalue weighted by atomic mass is 10.1. The number of anilines is 1. The summed E-state index contributed by atoms with van der Waals surface area (Å²) in [4.78, 5) is 19.9. The summed E-state index contributed by atoms with van der Waals surface area (Å²) >= 11 is 5.84. The van der Waals surface area contributed by atoms with Crippen molar-refractivity contribution in [2.45, 2.75) is 17.4 Å². The molecule has 3 aromatic rings. The second-order valence-corrected chi connectivity index (χ2v) is 8.40. The maximum atomic E-state index is 12.8. The first-order valence-electron chi connectivity index (χ1n) is 8.93. The molecule has 3 rings (SSSR count). The molecule has 2 aromatic carbocycles. The molecule has 0 aliphatic carbocycles. The molecule has 0 radical (unpaired) electrons. The number of nitrogen functional groups attached to an aromatic ring is 1. The third-order valence-corrected chi connectivity index (χ3v) is 5.92. The van der Waals surface area contributed by atoms with Gasteiger partial charge in [-0.1, -0.05) is 41.9 Å². The number of rotatable bonds is 8. The summed E-state index contributed by atoms with van der Waals surface area (Å²) in [5, 5.41) is 0.434. The lowest BCUT2D eigenvalue weighted by Crippen LogP contribution is -2.30. The molecule has 0 saturated carbocycles. The quantitative estimate of drug-likeness (QED) is 0.509. The first-order valence-corrected chi connectivity index (χ1v) is 10.8. The van der Waals surface area contributed by atoms with Crippen LogP contribution in [0.5, 0.6) is 0 Å². The number of benzene rings is 2. The van der Waals surface area contributed by atoms with Crippen LogP contribution < -0.4 is 10.5 Å². The Morgan fingerprint density at radius 3 is 2.40 bits per heavy atom. The highest BCUT2D eigenvalue weighted by Crippen LogP contribution is 2.22. The molecule has 0 saturated heterocycles. The van der Waals surface area contributed by atoms with Gasteiger partial charge in [0.15, 0.2) is 11.5 Å². The maximum Gasteiger partial charge on any atom is 0.360 e. The van der Waals surface area contributed by atoms with Crippen LogP contribution in [0.3, 0.4) is 0 Å². The van der Waals surface area contributed by atoms with Crippen LogP contribution in [0.15, 0.2) is 71.9 Å². The largest absolute Gasteiger partial charge is 0.461 e. The van der Waals surface area contributed by atoms with E-state index >= 15 is 0 Å².